The molecule has 1 N–H and O–H groups in total. The summed E-state index contributed by atoms with van der Waals surface area (Å²) in [5.41, 5.74) is 2.80. The molecule has 0 aliphatic rings. The molecule has 0 spiro atoms. The predicted molar refractivity (Wildman–Crippen MR) is 88.5 cm³/mol. The fourth-order valence-corrected chi connectivity index (χ4v) is 2.28. The Hall–Kier alpha value is -2.82. The zero-order valence-corrected chi connectivity index (χ0v) is 12.6. The molecule has 0 atom stereocenters. The van der Waals surface area contributed by atoms with Gasteiger partial charge in [-0.25, -0.2) is 9.37 Å². The molecule has 0 amide bonds. The minimum atomic E-state index is -0.268. The van der Waals surface area contributed by atoms with Crippen molar-refractivity contribution < 1.29 is 4.39 Å². The Morgan fingerprint density at radius 1 is 0.957 bits per heavy atom. The van der Waals surface area contributed by atoms with E-state index >= 15 is 0 Å². The Labute approximate surface area is 134 Å². The lowest BCUT2D eigenvalue weighted by molar-refractivity contribution is 0.628. The van der Waals surface area contributed by atoms with Gasteiger partial charge < -0.3 is 5.32 Å². The number of anilines is 1. The molecule has 0 aliphatic carbocycles. The van der Waals surface area contributed by atoms with Crippen molar-refractivity contribution in [3.8, 4) is 11.3 Å². The summed E-state index contributed by atoms with van der Waals surface area (Å²) in [4.78, 5) is 4.41. The molecule has 5 heteroatoms. The number of hydrogen-bond donors (Lipinski definition) is 1. The number of halogens is 1. The van der Waals surface area contributed by atoms with Crippen LogP contribution < -0.4 is 5.32 Å². The first-order valence-corrected chi connectivity index (χ1v) is 7.55. The van der Waals surface area contributed by atoms with Crippen LogP contribution in [0.1, 0.15) is 12.0 Å². The van der Waals surface area contributed by atoms with Gasteiger partial charge in [-0.15, -0.1) is 5.10 Å². The Morgan fingerprint density at radius 2 is 1.74 bits per heavy atom. The first-order valence-electron chi connectivity index (χ1n) is 7.55. The zero-order chi connectivity index (χ0) is 15.9. The highest BCUT2D eigenvalue weighted by Crippen LogP contribution is 2.17. The van der Waals surface area contributed by atoms with Gasteiger partial charge in [0.15, 0.2) is 0 Å². The molecule has 0 unspecified atom stereocenters. The third-order valence-corrected chi connectivity index (χ3v) is 3.47. The van der Waals surface area contributed by atoms with Crippen LogP contribution in [0.15, 0.2) is 60.8 Å². The summed E-state index contributed by atoms with van der Waals surface area (Å²) in [6.07, 6.45) is 3.55. The van der Waals surface area contributed by atoms with Crippen molar-refractivity contribution in [1.29, 1.82) is 0 Å². The van der Waals surface area contributed by atoms with Crippen LogP contribution >= 0.6 is 0 Å². The van der Waals surface area contributed by atoms with E-state index in [4.69, 9.17) is 0 Å². The largest absolute Gasteiger partial charge is 0.353 e. The lowest BCUT2D eigenvalue weighted by Crippen LogP contribution is -2.07. The molecule has 0 radical (unpaired) electrons. The Morgan fingerprint density at radius 3 is 2.52 bits per heavy atom. The first-order chi connectivity index (χ1) is 11.3. The summed E-state index contributed by atoms with van der Waals surface area (Å²) in [6.45, 7) is 0.767. The maximum Gasteiger partial charge on any atom is 0.243 e. The van der Waals surface area contributed by atoms with E-state index in [1.54, 1.807) is 18.3 Å². The van der Waals surface area contributed by atoms with Crippen molar-refractivity contribution in [3.63, 3.8) is 0 Å². The number of nitrogens with one attached hydrogen (secondary N) is 1. The number of aryl methyl sites for hydroxylation is 1. The average molecular weight is 308 g/mol. The van der Waals surface area contributed by atoms with Crippen molar-refractivity contribution in [3.05, 3.63) is 72.2 Å². The molecule has 0 saturated heterocycles. The Kier molecular flexibility index (Phi) is 4.88. The van der Waals surface area contributed by atoms with Gasteiger partial charge in [-0.1, -0.05) is 30.3 Å². The van der Waals surface area contributed by atoms with Gasteiger partial charge in [-0.2, -0.15) is 5.10 Å². The fraction of sp³-hybridized carbons (Fsp3) is 0.167. The molecule has 2 aromatic carbocycles. The third-order valence-electron chi connectivity index (χ3n) is 3.47. The SMILES string of the molecule is Fc1ccc(-c2cnnc(NCCCc3ccccc3)n2)cc1. The molecule has 0 saturated carbocycles. The molecule has 4 nitrogen and oxygen atoms in total. The molecular weight excluding hydrogens is 291 g/mol. The second-order valence-corrected chi connectivity index (χ2v) is 5.19. The molecule has 1 heterocycles. The first kappa shape index (κ1) is 15.1. The molecule has 1 aromatic heterocycles. The van der Waals surface area contributed by atoms with Crippen LogP contribution in [0.4, 0.5) is 10.3 Å². The molecule has 0 bridgehead atoms. The fourth-order valence-electron chi connectivity index (χ4n) is 2.28. The van der Waals surface area contributed by atoms with Gasteiger partial charge in [0.2, 0.25) is 5.95 Å². The van der Waals surface area contributed by atoms with Gasteiger partial charge in [0.1, 0.15) is 5.82 Å². The monoisotopic (exact) mass is 308 g/mol. The van der Waals surface area contributed by atoms with E-state index in [-0.39, 0.29) is 5.82 Å². The van der Waals surface area contributed by atoms with Crippen LogP contribution in [-0.2, 0) is 6.42 Å². The highest BCUT2D eigenvalue weighted by atomic mass is 19.1. The molecule has 116 valence electrons. The highest BCUT2D eigenvalue weighted by molar-refractivity contribution is 5.58. The molecule has 0 aliphatic heterocycles. The van der Waals surface area contributed by atoms with Crippen molar-refractivity contribution in [1.82, 2.24) is 15.2 Å². The summed E-state index contributed by atoms with van der Waals surface area (Å²) in [7, 11) is 0. The smallest absolute Gasteiger partial charge is 0.243 e. The molecule has 23 heavy (non-hydrogen) atoms. The number of aromatic nitrogens is 3. The van der Waals surface area contributed by atoms with E-state index in [0.717, 1.165) is 24.9 Å². The van der Waals surface area contributed by atoms with E-state index in [1.807, 2.05) is 18.2 Å². The summed E-state index contributed by atoms with van der Waals surface area (Å²) >= 11 is 0. The number of benzene rings is 2. The van der Waals surface area contributed by atoms with E-state index in [0.29, 0.717) is 11.6 Å². The quantitative estimate of drug-likeness (QED) is 0.705. The number of hydrogen-bond acceptors (Lipinski definition) is 4. The van der Waals surface area contributed by atoms with Crippen LogP contribution in [0.3, 0.4) is 0 Å². The molecule has 3 aromatic rings. The van der Waals surface area contributed by atoms with Gasteiger partial charge in [-0.05, 0) is 42.7 Å². The molecule has 0 fully saturated rings. The summed E-state index contributed by atoms with van der Waals surface area (Å²) < 4.78 is 13.0. The molecular formula is C18H17FN4. The van der Waals surface area contributed by atoms with E-state index in [2.05, 4.69) is 32.6 Å². The topological polar surface area (TPSA) is 50.7 Å². The van der Waals surface area contributed by atoms with Gasteiger partial charge >= 0.3 is 0 Å². The van der Waals surface area contributed by atoms with Crippen molar-refractivity contribution in [2.24, 2.45) is 0 Å². The summed E-state index contributed by atoms with van der Waals surface area (Å²) in [6, 6.07) is 16.5. The maximum atomic E-state index is 13.0. The number of rotatable bonds is 6. The Balaban J connectivity index is 1.56. The normalized spacial score (nSPS) is 10.5. The third kappa shape index (κ3) is 4.32. The minimum absolute atomic E-state index is 0.268. The Bertz CT molecular complexity index is 744. The lowest BCUT2D eigenvalue weighted by Gasteiger charge is -2.06. The van der Waals surface area contributed by atoms with Crippen molar-refractivity contribution in [2.45, 2.75) is 12.8 Å². The van der Waals surface area contributed by atoms with Crippen LogP contribution in [0, 0.1) is 5.82 Å². The van der Waals surface area contributed by atoms with Crippen LogP contribution in [0.5, 0.6) is 0 Å². The lowest BCUT2D eigenvalue weighted by atomic mass is 10.1. The second kappa shape index (κ2) is 7.45. The standard InChI is InChI=1S/C18H17FN4/c19-16-10-8-15(9-11-16)17-13-21-23-18(22-17)20-12-4-7-14-5-2-1-3-6-14/h1-3,5-6,8-11,13H,4,7,12H2,(H,20,22,23). The van der Waals surface area contributed by atoms with Crippen LogP contribution in [0.2, 0.25) is 0 Å². The predicted octanol–water partition coefficient (Wildman–Crippen LogP) is 3.72. The van der Waals surface area contributed by atoms with E-state index in [9.17, 15) is 4.39 Å². The van der Waals surface area contributed by atoms with E-state index in [1.165, 1.54) is 17.7 Å². The highest BCUT2D eigenvalue weighted by Gasteiger charge is 2.03. The summed E-state index contributed by atoms with van der Waals surface area (Å²) in [5, 5.41) is 11.1. The number of nitrogens with zero attached hydrogens (tertiary/aromatic N) is 3. The maximum absolute atomic E-state index is 13.0. The van der Waals surface area contributed by atoms with Gasteiger partial charge in [-0.3, -0.25) is 0 Å². The van der Waals surface area contributed by atoms with Crippen LogP contribution in [-0.4, -0.2) is 21.7 Å². The van der Waals surface area contributed by atoms with Crippen molar-refractivity contribution in [2.75, 3.05) is 11.9 Å². The average Bonchev–Trinajstić information content (AvgIpc) is 2.61. The molecule has 3 rings (SSSR count). The van der Waals surface area contributed by atoms with Crippen molar-refractivity contribution >= 4 is 5.95 Å². The van der Waals surface area contributed by atoms with E-state index < -0.39 is 0 Å². The minimum Gasteiger partial charge on any atom is -0.353 e. The second-order valence-electron chi connectivity index (χ2n) is 5.19. The summed E-state index contributed by atoms with van der Waals surface area (Å²) in [5.74, 6) is 0.218. The zero-order valence-electron chi connectivity index (χ0n) is 12.6. The van der Waals surface area contributed by atoms with Gasteiger partial charge in [0.05, 0.1) is 11.9 Å². The van der Waals surface area contributed by atoms with Gasteiger partial charge in [0, 0.05) is 12.1 Å². The van der Waals surface area contributed by atoms with Crippen LogP contribution in [0.25, 0.3) is 11.3 Å². The van der Waals surface area contributed by atoms with Gasteiger partial charge in [0.25, 0.3) is 0 Å².